The fourth-order valence-electron chi connectivity index (χ4n) is 2.39. The van der Waals surface area contributed by atoms with Gasteiger partial charge in [-0.05, 0) is 35.3 Å². The number of aliphatic hydroxyl groups is 1. The van der Waals surface area contributed by atoms with E-state index in [1.807, 2.05) is 30.3 Å². The molecule has 3 rings (SSSR count). The molecule has 0 aromatic heterocycles. The molecule has 0 amide bonds. The summed E-state index contributed by atoms with van der Waals surface area (Å²) in [6.45, 7) is 0.830. The van der Waals surface area contributed by atoms with Crippen LogP contribution in [0.1, 0.15) is 17.5 Å². The van der Waals surface area contributed by atoms with Crippen molar-refractivity contribution in [3.8, 4) is 5.75 Å². The summed E-state index contributed by atoms with van der Waals surface area (Å²) < 4.78 is 5.83. The molecule has 0 aliphatic heterocycles. The average Bonchev–Trinajstić information content (AvgIpc) is 2.46. The summed E-state index contributed by atoms with van der Waals surface area (Å²) in [5.74, 6) is 1.22. The third-order valence-electron chi connectivity index (χ3n) is 3.61. The summed E-state index contributed by atoms with van der Waals surface area (Å²) in [6.07, 6.45) is 3.09. The van der Waals surface area contributed by atoms with Gasteiger partial charge in [-0.3, -0.25) is 0 Å². The molecule has 0 radical (unpaired) electrons. The molecule has 0 fully saturated rings. The van der Waals surface area contributed by atoms with E-state index in [4.69, 9.17) is 9.84 Å². The Labute approximate surface area is 119 Å². The molecule has 1 aliphatic rings. The number of rotatable bonds is 5. The highest BCUT2D eigenvalue weighted by Gasteiger charge is 2.19. The zero-order valence-corrected chi connectivity index (χ0v) is 11.3. The monoisotopic (exact) mass is 266 g/mol. The first-order valence-electron chi connectivity index (χ1n) is 6.94. The standard InChI is InChI=1S/C18H18O2/c19-12-15-9-17(10-15)16-7-4-8-18(11-16)20-13-14-5-2-1-3-6-14/h1-9,11,15,19H,10,12-13H2. The summed E-state index contributed by atoms with van der Waals surface area (Å²) in [7, 11) is 0. The maximum absolute atomic E-state index is 9.05. The van der Waals surface area contributed by atoms with E-state index in [1.54, 1.807) is 0 Å². The highest BCUT2D eigenvalue weighted by molar-refractivity contribution is 5.71. The summed E-state index contributed by atoms with van der Waals surface area (Å²) in [5, 5.41) is 9.05. The largest absolute Gasteiger partial charge is 0.489 e. The molecule has 0 spiro atoms. The van der Waals surface area contributed by atoms with E-state index < -0.39 is 0 Å². The number of aliphatic hydroxyl groups excluding tert-OH is 1. The maximum atomic E-state index is 9.05. The molecular weight excluding hydrogens is 248 g/mol. The van der Waals surface area contributed by atoms with E-state index in [0.717, 1.165) is 12.2 Å². The summed E-state index contributed by atoms with van der Waals surface area (Å²) in [4.78, 5) is 0. The number of benzene rings is 2. The van der Waals surface area contributed by atoms with Gasteiger partial charge in [0.1, 0.15) is 12.4 Å². The first kappa shape index (κ1) is 12.9. The van der Waals surface area contributed by atoms with Gasteiger partial charge in [0.25, 0.3) is 0 Å². The number of ether oxygens (including phenoxy) is 1. The van der Waals surface area contributed by atoms with Crippen molar-refractivity contribution in [2.45, 2.75) is 13.0 Å². The van der Waals surface area contributed by atoms with Gasteiger partial charge in [-0.1, -0.05) is 48.5 Å². The van der Waals surface area contributed by atoms with Gasteiger partial charge in [-0.2, -0.15) is 0 Å². The molecule has 2 aromatic carbocycles. The molecule has 0 saturated heterocycles. The van der Waals surface area contributed by atoms with Crippen LogP contribution in [0, 0.1) is 5.92 Å². The van der Waals surface area contributed by atoms with E-state index >= 15 is 0 Å². The Balaban J connectivity index is 1.66. The minimum Gasteiger partial charge on any atom is -0.489 e. The number of allylic oxidation sites excluding steroid dienone is 1. The second kappa shape index (κ2) is 5.93. The molecule has 2 nitrogen and oxygen atoms in total. The Kier molecular flexibility index (Phi) is 3.84. The lowest BCUT2D eigenvalue weighted by Gasteiger charge is -2.24. The normalized spacial score (nSPS) is 17.2. The Morgan fingerprint density at radius 3 is 2.60 bits per heavy atom. The first-order chi connectivity index (χ1) is 9.85. The Morgan fingerprint density at radius 2 is 1.85 bits per heavy atom. The third kappa shape index (κ3) is 2.91. The third-order valence-corrected chi connectivity index (χ3v) is 3.61. The van der Waals surface area contributed by atoms with Gasteiger partial charge in [0, 0.05) is 12.5 Å². The van der Waals surface area contributed by atoms with E-state index in [-0.39, 0.29) is 6.61 Å². The highest BCUT2D eigenvalue weighted by atomic mass is 16.5. The fraction of sp³-hybridized carbons (Fsp3) is 0.222. The van der Waals surface area contributed by atoms with Crippen molar-refractivity contribution in [2.75, 3.05) is 6.61 Å². The number of hydrogen-bond acceptors (Lipinski definition) is 2. The van der Waals surface area contributed by atoms with Gasteiger partial charge >= 0.3 is 0 Å². The van der Waals surface area contributed by atoms with Crippen LogP contribution in [0.2, 0.25) is 0 Å². The van der Waals surface area contributed by atoms with E-state index in [1.165, 1.54) is 16.7 Å². The summed E-state index contributed by atoms with van der Waals surface area (Å²) in [5.41, 5.74) is 3.66. The second-order valence-corrected chi connectivity index (χ2v) is 5.14. The SMILES string of the molecule is OCC1C=C(c2cccc(OCc3ccccc3)c2)C1. The Hall–Kier alpha value is -2.06. The molecular formula is C18H18O2. The predicted octanol–water partition coefficient (Wildman–Crippen LogP) is 3.66. The Morgan fingerprint density at radius 1 is 1.05 bits per heavy atom. The Bertz CT molecular complexity index is 602. The molecule has 1 N–H and O–H groups in total. The van der Waals surface area contributed by atoms with Crippen LogP contribution in [0.5, 0.6) is 5.75 Å². The molecule has 20 heavy (non-hydrogen) atoms. The minimum atomic E-state index is 0.244. The van der Waals surface area contributed by atoms with Gasteiger partial charge in [-0.15, -0.1) is 0 Å². The molecule has 2 heteroatoms. The molecule has 0 bridgehead atoms. The van der Waals surface area contributed by atoms with Crippen LogP contribution in [-0.2, 0) is 6.61 Å². The van der Waals surface area contributed by atoms with E-state index in [9.17, 15) is 0 Å². The zero-order chi connectivity index (χ0) is 13.8. The molecule has 2 aromatic rings. The van der Waals surface area contributed by atoms with Gasteiger partial charge in [0.15, 0.2) is 0 Å². The van der Waals surface area contributed by atoms with Crippen LogP contribution in [0.3, 0.4) is 0 Å². The van der Waals surface area contributed by atoms with Crippen molar-refractivity contribution >= 4 is 5.57 Å². The van der Waals surface area contributed by atoms with Gasteiger partial charge < -0.3 is 9.84 Å². The fourth-order valence-corrected chi connectivity index (χ4v) is 2.39. The van der Waals surface area contributed by atoms with Gasteiger partial charge in [-0.25, -0.2) is 0 Å². The van der Waals surface area contributed by atoms with Crippen LogP contribution < -0.4 is 4.74 Å². The van der Waals surface area contributed by atoms with E-state index in [2.05, 4.69) is 30.3 Å². The van der Waals surface area contributed by atoms with Crippen molar-refractivity contribution in [3.05, 3.63) is 71.8 Å². The van der Waals surface area contributed by atoms with Crippen molar-refractivity contribution in [2.24, 2.45) is 5.92 Å². The van der Waals surface area contributed by atoms with Crippen molar-refractivity contribution in [3.63, 3.8) is 0 Å². The lowest BCUT2D eigenvalue weighted by Crippen LogP contribution is -2.13. The van der Waals surface area contributed by atoms with Gasteiger partial charge in [0.05, 0.1) is 0 Å². The quantitative estimate of drug-likeness (QED) is 0.895. The minimum absolute atomic E-state index is 0.244. The molecule has 1 atom stereocenters. The lowest BCUT2D eigenvalue weighted by atomic mass is 9.83. The first-order valence-corrected chi connectivity index (χ1v) is 6.94. The van der Waals surface area contributed by atoms with Crippen LogP contribution in [0.15, 0.2) is 60.7 Å². The average molecular weight is 266 g/mol. The maximum Gasteiger partial charge on any atom is 0.120 e. The topological polar surface area (TPSA) is 29.5 Å². The van der Waals surface area contributed by atoms with Crippen LogP contribution in [-0.4, -0.2) is 11.7 Å². The van der Waals surface area contributed by atoms with Crippen LogP contribution in [0.25, 0.3) is 5.57 Å². The predicted molar refractivity (Wildman–Crippen MR) is 80.4 cm³/mol. The number of hydrogen-bond donors (Lipinski definition) is 1. The summed E-state index contributed by atoms with van der Waals surface area (Å²) in [6, 6.07) is 18.3. The smallest absolute Gasteiger partial charge is 0.120 e. The molecule has 0 saturated carbocycles. The molecule has 0 heterocycles. The van der Waals surface area contributed by atoms with Crippen molar-refractivity contribution in [1.29, 1.82) is 0 Å². The molecule has 1 aliphatic carbocycles. The lowest BCUT2D eigenvalue weighted by molar-refractivity contribution is 0.248. The second-order valence-electron chi connectivity index (χ2n) is 5.14. The summed E-state index contributed by atoms with van der Waals surface area (Å²) >= 11 is 0. The van der Waals surface area contributed by atoms with Crippen LogP contribution in [0.4, 0.5) is 0 Å². The zero-order valence-electron chi connectivity index (χ0n) is 11.3. The highest BCUT2D eigenvalue weighted by Crippen LogP contribution is 2.34. The van der Waals surface area contributed by atoms with Crippen molar-refractivity contribution in [1.82, 2.24) is 0 Å². The van der Waals surface area contributed by atoms with Gasteiger partial charge in [0.2, 0.25) is 0 Å². The van der Waals surface area contributed by atoms with Crippen LogP contribution >= 0.6 is 0 Å². The van der Waals surface area contributed by atoms with Crippen molar-refractivity contribution < 1.29 is 9.84 Å². The molecule has 102 valence electrons. The molecule has 1 unspecified atom stereocenters. The van der Waals surface area contributed by atoms with E-state index in [0.29, 0.717) is 12.5 Å².